The second-order valence-electron chi connectivity index (χ2n) is 3.23. The predicted molar refractivity (Wildman–Crippen MR) is 41.4 cm³/mol. The largest absolute Gasteiger partial charge is 0.336 e. The molecule has 2 heterocycles. The van der Waals surface area contributed by atoms with Gasteiger partial charge in [-0.05, 0) is 6.92 Å². The molecule has 2 aliphatic rings. The lowest BCUT2D eigenvalue weighted by Crippen LogP contribution is -2.68. The molecule has 2 amide bonds. The maximum absolute atomic E-state index is 11.2. The van der Waals surface area contributed by atoms with Crippen molar-refractivity contribution in [3.63, 3.8) is 0 Å². The van der Waals surface area contributed by atoms with Crippen LogP contribution in [0, 0.1) is 0 Å². The summed E-state index contributed by atoms with van der Waals surface area (Å²) < 4.78 is 0. The molecule has 0 aromatic heterocycles. The minimum Gasteiger partial charge on any atom is -0.336 e. The predicted octanol–water partition coefficient (Wildman–Crippen LogP) is -0.627. The number of carbonyl (C=O) groups is 1. The van der Waals surface area contributed by atoms with Gasteiger partial charge in [-0.3, -0.25) is 0 Å². The number of carbonyl (C=O) groups excluding carboxylic acids is 1. The van der Waals surface area contributed by atoms with Gasteiger partial charge in [0.25, 0.3) is 0 Å². The summed E-state index contributed by atoms with van der Waals surface area (Å²) in [5.74, 6) is 0. The van der Waals surface area contributed by atoms with Crippen LogP contribution in [0.15, 0.2) is 0 Å². The molecule has 0 radical (unpaired) electrons. The smallest absolute Gasteiger partial charge is 0.318 e. The zero-order valence-corrected chi connectivity index (χ0v) is 6.68. The molecule has 2 saturated heterocycles. The summed E-state index contributed by atoms with van der Waals surface area (Å²) in [6, 6.07) is 0.0917. The highest BCUT2D eigenvalue weighted by Gasteiger charge is 2.48. The number of nitrogens with one attached hydrogen (secondary N) is 2. The summed E-state index contributed by atoms with van der Waals surface area (Å²) in [6.45, 7) is 5.53. The molecule has 11 heavy (non-hydrogen) atoms. The molecule has 0 aromatic rings. The third-order valence-corrected chi connectivity index (χ3v) is 2.61. The van der Waals surface area contributed by atoms with Crippen molar-refractivity contribution in [2.24, 2.45) is 0 Å². The van der Waals surface area contributed by atoms with Crippen molar-refractivity contribution in [2.45, 2.75) is 12.5 Å². The van der Waals surface area contributed by atoms with Crippen LogP contribution in [-0.2, 0) is 0 Å². The Morgan fingerprint density at radius 1 is 1.55 bits per heavy atom. The van der Waals surface area contributed by atoms with Gasteiger partial charge in [-0.1, -0.05) is 0 Å². The fraction of sp³-hybridized carbons (Fsp3) is 0.857. The van der Waals surface area contributed by atoms with Crippen LogP contribution >= 0.6 is 0 Å². The first-order valence-corrected chi connectivity index (χ1v) is 4.05. The van der Waals surface area contributed by atoms with E-state index in [9.17, 15) is 4.79 Å². The third kappa shape index (κ3) is 0.758. The fourth-order valence-electron chi connectivity index (χ4n) is 1.85. The van der Waals surface area contributed by atoms with E-state index in [1.54, 1.807) is 0 Å². The normalized spacial score (nSPS) is 27.0. The van der Waals surface area contributed by atoms with E-state index in [4.69, 9.17) is 0 Å². The monoisotopic (exact) mass is 155 g/mol. The number of likely N-dealkylation sites (N-methyl/N-ethyl adjacent to an activating group) is 1. The van der Waals surface area contributed by atoms with Gasteiger partial charge in [0, 0.05) is 26.2 Å². The number of hydrogen-bond donors (Lipinski definition) is 2. The molecule has 0 atom stereocenters. The molecule has 4 heteroatoms. The molecule has 0 unspecified atom stereocenters. The summed E-state index contributed by atoms with van der Waals surface area (Å²) >= 11 is 0. The fourth-order valence-corrected chi connectivity index (χ4v) is 1.85. The van der Waals surface area contributed by atoms with E-state index in [0.29, 0.717) is 0 Å². The summed E-state index contributed by atoms with van der Waals surface area (Å²) in [5, 5.41) is 6.06. The lowest BCUT2D eigenvalue weighted by atomic mass is 9.92. The number of urea groups is 1. The van der Waals surface area contributed by atoms with Gasteiger partial charge < -0.3 is 15.5 Å². The SMILES string of the molecule is CCN1C(=O)NCC12CNC2. The molecule has 0 aliphatic carbocycles. The van der Waals surface area contributed by atoms with E-state index in [1.807, 2.05) is 11.8 Å². The van der Waals surface area contributed by atoms with E-state index in [0.717, 1.165) is 26.2 Å². The van der Waals surface area contributed by atoms with Crippen LogP contribution in [0.25, 0.3) is 0 Å². The van der Waals surface area contributed by atoms with Crippen LogP contribution in [0.5, 0.6) is 0 Å². The van der Waals surface area contributed by atoms with Crippen molar-refractivity contribution < 1.29 is 4.79 Å². The van der Waals surface area contributed by atoms with Crippen molar-refractivity contribution in [1.82, 2.24) is 15.5 Å². The highest BCUT2D eigenvalue weighted by molar-refractivity contribution is 5.78. The average molecular weight is 155 g/mol. The van der Waals surface area contributed by atoms with Crippen LogP contribution in [0.4, 0.5) is 4.79 Å². The Hall–Kier alpha value is -0.770. The van der Waals surface area contributed by atoms with Crippen LogP contribution in [0.1, 0.15) is 6.92 Å². The zero-order chi connectivity index (χ0) is 7.90. The van der Waals surface area contributed by atoms with Gasteiger partial charge in [0.15, 0.2) is 0 Å². The molecule has 2 rings (SSSR count). The van der Waals surface area contributed by atoms with Crippen molar-refractivity contribution in [3.05, 3.63) is 0 Å². The van der Waals surface area contributed by atoms with Gasteiger partial charge in [0.1, 0.15) is 0 Å². The Morgan fingerprint density at radius 2 is 2.27 bits per heavy atom. The number of nitrogens with zero attached hydrogens (tertiary/aromatic N) is 1. The first-order valence-electron chi connectivity index (χ1n) is 4.05. The maximum Gasteiger partial charge on any atom is 0.318 e. The maximum atomic E-state index is 11.2. The Balaban J connectivity index is 2.16. The van der Waals surface area contributed by atoms with Crippen LogP contribution in [0.3, 0.4) is 0 Å². The molecule has 1 spiro atoms. The number of hydrogen-bond acceptors (Lipinski definition) is 2. The minimum absolute atomic E-state index is 0.0917. The summed E-state index contributed by atoms with van der Waals surface area (Å²) in [5.41, 5.74) is 0.117. The Kier molecular flexibility index (Phi) is 1.32. The number of rotatable bonds is 1. The molecule has 4 nitrogen and oxygen atoms in total. The second-order valence-corrected chi connectivity index (χ2v) is 3.23. The summed E-state index contributed by atoms with van der Waals surface area (Å²) in [7, 11) is 0. The molecule has 0 aromatic carbocycles. The van der Waals surface area contributed by atoms with Crippen molar-refractivity contribution >= 4 is 6.03 Å². The molecule has 0 bridgehead atoms. The topological polar surface area (TPSA) is 44.4 Å². The summed E-state index contributed by atoms with van der Waals surface area (Å²) in [6.07, 6.45) is 0. The van der Waals surface area contributed by atoms with Crippen LogP contribution < -0.4 is 10.6 Å². The minimum atomic E-state index is 0.0917. The number of amides is 2. The van der Waals surface area contributed by atoms with Crippen LogP contribution in [0.2, 0.25) is 0 Å². The van der Waals surface area contributed by atoms with E-state index in [2.05, 4.69) is 10.6 Å². The molecular formula is C7H13N3O. The Bertz CT molecular complexity index is 188. The summed E-state index contributed by atoms with van der Waals surface area (Å²) in [4.78, 5) is 13.1. The van der Waals surface area contributed by atoms with Gasteiger partial charge in [0.05, 0.1) is 5.54 Å². The highest BCUT2D eigenvalue weighted by Crippen LogP contribution is 2.23. The van der Waals surface area contributed by atoms with E-state index >= 15 is 0 Å². The third-order valence-electron chi connectivity index (χ3n) is 2.61. The molecule has 2 aliphatic heterocycles. The van der Waals surface area contributed by atoms with Gasteiger partial charge in [-0.2, -0.15) is 0 Å². The quantitative estimate of drug-likeness (QED) is 0.529. The van der Waals surface area contributed by atoms with Gasteiger partial charge >= 0.3 is 6.03 Å². The first kappa shape index (κ1) is 6.91. The lowest BCUT2D eigenvalue weighted by molar-refractivity contribution is 0.112. The lowest BCUT2D eigenvalue weighted by Gasteiger charge is -2.44. The first-order chi connectivity index (χ1) is 5.28. The molecule has 0 saturated carbocycles. The van der Waals surface area contributed by atoms with Crippen molar-refractivity contribution in [1.29, 1.82) is 0 Å². The standard InChI is InChI=1S/C7H13N3O/c1-2-10-6(11)9-5-7(10)3-8-4-7/h8H,2-5H2,1H3,(H,9,11). The van der Waals surface area contributed by atoms with Crippen molar-refractivity contribution in [2.75, 3.05) is 26.2 Å². The van der Waals surface area contributed by atoms with Crippen molar-refractivity contribution in [3.8, 4) is 0 Å². The van der Waals surface area contributed by atoms with Gasteiger partial charge in [-0.15, -0.1) is 0 Å². The zero-order valence-electron chi connectivity index (χ0n) is 6.68. The molecule has 2 N–H and O–H groups in total. The molecular weight excluding hydrogens is 142 g/mol. The average Bonchev–Trinajstić information content (AvgIpc) is 2.25. The van der Waals surface area contributed by atoms with Gasteiger partial charge in [0.2, 0.25) is 0 Å². The second kappa shape index (κ2) is 2.11. The molecule has 62 valence electrons. The van der Waals surface area contributed by atoms with E-state index < -0.39 is 0 Å². The van der Waals surface area contributed by atoms with Crippen LogP contribution in [-0.4, -0.2) is 42.6 Å². The highest BCUT2D eigenvalue weighted by atomic mass is 16.2. The van der Waals surface area contributed by atoms with E-state index in [-0.39, 0.29) is 11.6 Å². The van der Waals surface area contributed by atoms with Gasteiger partial charge in [-0.25, -0.2) is 4.79 Å². The Labute approximate surface area is 65.9 Å². The van der Waals surface area contributed by atoms with E-state index in [1.165, 1.54) is 0 Å². The Morgan fingerprint density at radius 3 is 2.64 bits per heavy atom. The molecule has 2 fully saturated rings.